The molecular formula is C34H32N2O. The molecule has 0 aromatic heterocycles. The normalized spacial score (nSPS) is 19.9. The molecule has 4 aromatic rings. The summed E-state index contributed by atoms with van der Waals surface area (Å²) < 4.78 is 5.92. The van der Waals surface area contributed by atoms with Crippen LogP contribution in [0.15, 0.2) is 108 Å². The van der Waals surface area contributed by atoms with Gasteiger partial charge >= 0.3 is 0 Å². The van der Waals surface area contributed by atoms with Crippen molar-refractivity contribution in [1.82, 2.24) is 0 Å². The fourth-order valence-electron chi connectivity index (χ4n) is 5.46. The molecule has 3 heteroatoms. The molecule has 2 aliphatic rings. The second-order valence-electron chi connectivity index (χ2n) is 10.3. The zero-order valence-electron chi connectivity index (χ0n) is 21.4. The minimum Gasteiger partial charge on any atom is -0.489 e. The Morgan fingerprint density at radius 2 is 1.62 bits per heavy atom. The third-order valence-corrected chi connectivity index (χ3v) is 7.54. The number of hydrogen-bond donors (Lipinski definition) is 1. The van der Waals surface area contributed by atoms with E-state index in [4.69, 9.17) is 9.73 Å². The van der Waals surface area contributed by atoms with Gasteiger partial charge < -0.3 is 10.1 Å². The van der Waals surface area contributed by atoms with E-state index in [1.807, 2.05) is 30.5 Å². The summed E-state index contributed by atoms with van der Waals surface area (Å²) >= 11 is 0. The molecule has 6 rings (SSSR count). The molecule has 0 amide bonds. The molecule has 1 aliphatic heterocycles. The number of anilines is 1. The summed E-state index contributed by atoms with van der Waals surface area (Å²) in [6, 6.07) is 32.3. The highest BCUT2D eigenvalue weighted by molar-refractivity contribution is 5.82. The third kappa shape index (κ3) is 5.08. The standard InChI is InChI=1S/C34H32N2O/c1-23-6-9-26(10-7-23)22-37-29-17-11-25(12-18-29)21-35-28-15-13-27(14-16-28)34-31-5-3-4-30(31)32-20-24(2)8-19-33(32)36-34/h3-4,6-21,30-31,34,36H,5,22H2,1-2H3/t30-,31+,34+/m1/s1. The highest BCUT2D eigenvalue weighted by Gasteiger charge is 2.37. The van der Waals surface area contributed by atoms with Crippen LogP contribution >= 0.6 is 0 Å². The van der Waals surface area contributed by atoms with Crippen LogP contribution in [-0.4, -0.2) is 6.21 Å². The van der Waals surface area contributed by atoms with Crippen LogP contribution in [0.3, 0.4) is 0 Å². The number of allylic oxidation sites excluding steroid dienone is 2. The summed E-state index contributed by atoms with van der Waals surface area (Å²) in [5.41, 5.74) is 9.77. The van der Waals surface area contributed by atoms with Gasteiger partial charge in [0.1, 0.15) is 12.4 Å². The van der Waals surface area contributed by atoms with Crippen LogP contribution < -0.4 is 10.1 Å². The zero-order chi connectivity index (χ0) is 25.2. The molecule has 0 saturated carbocycles. The van der Waals surface area contributed by atoms with Crippen molar-refractivity contribution in [3.05, 3.63) is 137 Å². The van der Waals surface area contributed by atoms with Gasteiger partial charge in [-0.05, 0) is 90.9 Å². The predicted molar refractivity (Wildman–Crippen MR) is 153 cm³/mol. The molecule has 0 radical (unpaired) electrons. The molecule has 1 heterocycles. The monoisotopic (exact) mass is 484 g/mol. The van der Waals surface area contributed by atoms with Crippen molar-refractivity contribution in [2.45, 2.75) is 38.8 Å². The summed E-state index contributed by atoms with van der Waals surface area (Å²) in [5.74, 6) is 1.90. The first-order chi connectivity index (χ1) is 18.1. The number of aryl methyl sites for hydroxylation is 2. The van der Waals surface area contributed by atoms with Gasteiger partial charge in [-0.1, -0.05) is 71.8 Å². The van der Waals surface area contributed by atoms with E-state index in [9.17, 15) is 0 Å². The molecule has 0 unspecified atom stereocenters. The Hall–Kier alpha value is -4.11. The van der Waals surface area contributed by atoms with Crippen molar-refractivity contribution in [3.8, 4) is 5.75 Å². The van der Waals surface area contributed by atoms with E-state index in [0.29, 0.717) is 24.5 Å². The molecular weight excluding hydrogens is 452 g/mol. The van der Waals surface area contributed by atoms with E-state index in [1.165, 1.54) is 33.5 Å². The lowest BCUT2D eigenvalue weighted by Crippen LogP contribution is -2.29. The molecule has 3 nitrogen and oxygen atoms in total. The first-order valence-corrected chi connectivity index (χ1v) is 13.1. The maximum atomic E-state index is 5.92. The Balaban J connectivity index is 1.10. The maximum Gasteiger partial charge on any atom is 0.119 e. The number of hydrogen-bond acceptors (Lipinski definition) is 3. The molecule has 184 valence electrons. The van der Waals surface area contributed by atoms with Crippen LogP contribution in [0.4, 0.5) is 11.4 Å². The number of nitrogens with one attached hydrogen (secondary N) is 1. The van der Waals surface area contributed by atoms with Gasteiger partial charge in [-0.25, -0.2) is 0 Å². The third-order valence-electron chi connectivity index (χ3n) is 7.54. The number of fused-ring (bicyclic) bond motifs is 3. The Morgan fingerprint density at radius 3 is 2.41 bits per heavy atom. The number of nitrogens with zero attached hydrogens (tertiary/aromatic N) is 1. The van der Waals surface area contributed by atoms with Crippen molar-refractivity contribution in [2.24, 2.45) is 10.9 Å². The van der Waals surface area contributed by atoms with Crippen molar-refractivity contribution in [3.63, 3.8) is 0 Å². The van der Waals surface area contributed by atoms with E-state index in [2.05, 4.69) is 98.0 Å². The smallest absolute Gasteiger partial charge is 0.119 e. The van der Waals surface area contributed by atoms with Crippen LogP contribution in [0, 0.1) is 19.8 Å². The number of benzene rings is 4. The molecule has 0 saturated heterocycles. The van der Waals surface area contributed by atoms with Crippen LogP contribution in [0.5, 0.6) is 5.75 Å². The average molecular weight is 485 g/mol. The van der Waals surface area contributed by atoms with E-state index in [-0.39, 0.29) is 0 Å². The Labute approximate surface area is 219 Å². The van der Waals surface area contributed by atoms with Crippen molar-refractivity contribution < 1.29 is 4.74 Å². The average Bonchev–Trinajstić information content (AvgIpc) is 3.43. The summed E-state index contributed by atoms with van der Waals surface area (Å²) in [6.07, 6.45) is 7.76. The van der Waals surface area contributed by atoms with Gasteiger partial charge in [0.15, 0.2) is 0 Å². The second-order valence-corrected chi connectivity index (χ2v) is 10.3. The Bertz CT molecular complexity index is 1430. The molecule has 4 aromatic carbocycles. The van der Waals surface area contributed by atoms with Gasteiger partial charge in [0.2, 0.25) is 0 Å². The largest absolute Gasteiger partial charge is 0.489 e. The minimum absolute atomic E-state index is 0.306. The molecule has 37 heavy (non-hydrogen) atoms. The van der Waals surface area contributed by atoms with Gasteiger partial charge in [-0.15, -0.1) is 0 Å². The van der Waals surface area contributed by atoms with Crippen LogP contribution in [0.1, 0.15) is 51.8 Å². The lowest BCUT2D eigenvalue weighted by atomic mass is 9.76. The van der Waals surface area contributed by atoms with Crippen molar-refractivity contribution in [2.75, 3.05) is 5.32 Å². The Kier molecular flexibility index (Phi) is 6.36. The quantitative estimate of drug-likeness (QED) is 0.220. The van der Waals surface area contributed by atoms with Crippen LogP contribution in [0.25, 0.3) is 0 Å². The number of aliphatic imine (C=N–C) groups is 1. The first-order valence-electron chi connectivity index (χ1n) is 13.1. The number of ether oxygens (including phenoxy) is 1. The molecule has 1 aliphatic carbocycles. The lowest BCUT2D eigenvalue weighted by Gasteiger charge is -2.37. The minimum atomic E-state index is 0.306. The molecule has 0 bridgehead atoms. The second kappa shape index (κ2) is 10.1. The van der Waals surface area contributed by atoms with Crippen LogP contribution in [0.2, 0.25) is 0 Å². The SMILES string of the molecule is Cc1ccc(COc2ccc(C=Nc3ccc([C@@H]4Nc5ccc(C)cc5[C@@H]5C=CC[C@@H]54)cc3)cc2)cc1. The zero-order valence-corrected chi connectivity index (χ0v) is 21.4. The number of rotatable bonds is 6. The summed E-state index contributed by atoms with van der Waals surface area (Å²) in [6.45, 7) is 4.84. The van der Waals surface area contributed by atoms with Gasteiger partial charge in [0.05, 0.1) is 11.7 Å². The highest BCUT2D eigenvalue weighted by atomic mass is 16.5. The first kappa shape index (κ1) is 23.3. The Morgan fingerprint density at radius 1 is 0.865 bits per heavy atom. The van der Waals surface area contributed by atoms with E-state index >= 15 is 0 Å². The van der Waals surface area contributed by atoms with Gasteiger partial charge in [-0.2, -0.15) is 0 Å². The molecule has 0 spiro atoms. The maximum absolute atomic E-state index is 5.92. The molecule has 1 N–H and O–H groups in total. The summed E-state index contributed by atoms with van der Waals surface area (Å²) in [7, 11) is 0. The highest BCUT2D eigenvalue weighted by Crippen LogP contribution is 2.50. The fourth-order valence-corrected chi connectivity index (χ4v) is 5.46. The summed E-state index contributed by atoms with van der Waals surface area (Å²) in [5, 5.41) is 3.83. The van der Waals surface area contributed by atoms with E-state index < -0.39 is 0 Å². The van der Waals surface area contributed by atoms with Gasteiger partial charge in [-0.3, -0.25) is 4.99 Å². The molecule has 0 fully saturated rings. The van der Waals surface area contributed by atoms with Crippen molar-refractivity contribution >= 4 is 17.6 Å². The summed E-state index contributed by atoms with van der Waals surface area (Å²) in [4.78, 5) is 4.71. The van der Waals surface area contributed by atoms with E-state index in [1.54, 1.807) is 0 Å². The fraction of sp³-hybridized carbons (Fsp3) is 0.206. The van der Waals surface area contributed by atoms with E-state index in [0.717, 1.165) is 23.4 Å². The van der Waals surface area contributed by atoms with Crippen LogP contribution in [-0.2, 0) is 6.61 Å². The predicted octanol–water partition coefficient (Wildman–Crippen LogP) is 8.46. The van der Waals surface area contributed by atoms with Gasteiger partial charge in [0, 0.05) is 17.8 Å². The van der Waals surface area contributed by atoms with Gasteiger partial charge in [0.25, 0.3) is 0 Å². The lowest BCUT2D eigenvalue weighted by molar-refractivity contribution is 0.306. The van der Waals surface area contributed by atoms with Crippen molar-refractivity contribution in [1.29, 1.82) is 0 Å². The topological polar surface area (TPSA) is 33.6 Å². The molecule has 3 atom stereocenters.